The molecule has 0 unspecified atom stereocenters. The number of rotatable bonds is 13. The van der Waals surface area contributed by atoms with E-state index in [1.54, 1.807) is 18.2 Å². The molecule has 0 saturated carbocycles. The van der Waals surface area contributed by atoms with Crippen molar-refractivity contribution in [1.82, 2.24) is 10.7 Å². The molecule has 0 saturated heterocycles. The van der Waals surface area contributed by atoms with Crippen molar-refractivity contribution in [2.24, 2.45) is 5.10 Å². The Balaban J connectivity index is 1.94. The minimum atomic E-state index is -0.478. The zero-order valence-electron chi connectivity index (χ0n) is 19.8. The van der Waals surface area contributed by atoms with Crippen molar-refractivity contribution in [3.63, 3.8) is 0 Å². The molecule has 0 spiro atoms. The van der Waals surface area contributed by atoms with Gasteiger partial charge in [-0.3, -0.25) is 9.59 Å². The molecule has 34 heavy (non-hydrogen) atoms. The van der Waals surface area contributed by atoms with E-state index >= 15 is 0 Å². The number of nitrogens with zero attached hydrogens (tertiary/aromatic N) is 1. The second-order valence-corrected chi connectivity index (χ2v) is 7.86. The second-order valence-electron chi connectivity index (χ2n) is 7.01. The molecule has 2 aromatic carbocycles. The Morgan fingerprint density at radius 2 is 1.79 bits per heavy atom. The third-order valence-electron chi connectivity index (χ3n) is 4.53. The number of nitrogens with one attached hydrogen (secondary N) is 2. The summed E-state index contributed by atoms with van der Waals surface area (Å²) in [5.41, 5.74) is 3.43. The quantitative estimate of drug-likeness (QED) is 0.228. The van der Waals surface area contributed by atoms with Crippen molar-refractivity contribution in [3.05, 3.63) is 45.9 Å². The average Bonchev–Trinajstić information content (AvgIpc) is 2.83. The maximum atomic E-state index is 12.3. The highest BCUT2D eigenvalue weighted by Gasteiger charge is 2.13. The van der Waals surface area contributed by atoms with Crippen molar-refractivity contribution in [3.8, 4) is 23.0 Å². The van der Waals surface area contributed by atoms with Crippen LogP contribution < -0.4 is 29.7 Å². The summed E-state index contributed by atoms with van der Waals surface area (Å²) >= 11 is 3.50. The van der Waals surface area contributed by atoms with Gasteiger partial charge in [-0.05, 0) is 65.2 Å². The molecule has 2 amide bonds. The van der Waals surface area contributed by atoms with Crippen LogP contribution in [0, 0.1) is 0 Å². The highest BCUT2D eigenvalue weighted by atomic mass is 79.9. The van der Waals surface area contributed by atoms with Crippen LogP contribution in [0.3, 0.4) is 0 Å². The van der Waals surface area contributed by atoms with Gasteiger partial charge < -0.3 is 24.3 Å². The summed E-state index contributed by atoms with van der Waals surface area (Å²) in [6.45, 7) is 4.81. The van der Waals surface area contributed by atoms with Gasteiger partial charge in [-0.25, -0.2) is 5.43 Å². The minimum absolute atomic E-state index is 0.247. The monoisotopic (exact) mass is 535 g/mol. The van der Waals surface area contributed by atoms with Crippen LogP contribution in [0.5, 0.6) is 23.0 Å². The lowest BCUT2D eigenvalue weighted by molar-refractivity contribution is -0.120. The van der Waals surface area contributed by atoms with Gasteiger partial charge in [0.1, 0.15) is 0 Å². The number of carbonyl (C=O) groups excluding carboxylic acids is 2. The summed E-state index contributed by atoms with van der Waals surface area (Å²) < 4.78 is 22.6. The van der Waals surface area contributed by atoms with Gasteiger partial charge in [-0.15, -0.1) is 0 Å². The van der Waals surface area contributed by atoms with Crippen LogP contribution in [0.25, 0.3) is 0 Å². The molecule has 0 fully saturated rings. The second kappa shape index (κ2) is 14.1. The van der Waals surface area contributed by atoms with Crippen LogP contribution in [0.4, 0.5) is 0 Å². The fraction of sp³-hybridized carbons (Fsp3) is 0.375. The van der Waals surface area contributed by atoms with Gasteiger partial charge in [0.15, 0.2) is 23.0 Å². The minimum Gasteiger partial charge on any atom is -0.493 e. The molecule has 0 aliphatic carbocycles. The number of hydrazone groups is 1. The molecule has 0 aliphatic rings. The molecule has 0 radical (unpaired) electrons. The topological polar surface area (TPSA) is 107 Å². The Morgan fingerprint density at radius 3 is 2.47 bits per heavy atom. The van der Waals surface area contributed by atoms with Crippen molar-refractivity contribution in [1.29, 1.82) is 0 Å². The third kappa shape index (κ3) is 7.95. The number of halogens is 1. The third-order valence-corrected chi connectivity index (χ3v) is 5.12. The van der Waals surface area contributed by atoms with E-state index in [9.17, 15) is 9.59 Å². The van der Waals surface area contributed by atoms with Crippen molar-refractivity contribution in [2.75, 3.05) is 34.0 Å². The van der Waals surface area contributed by atoms with Crippen LogP contribution >= 0.6 is 15.9 Å². The Labute approximate surface area is 207 Å². The smallest absolute Gasteiger partial charge is 0.259 e. The lowest BCUT2D eigenvalue weighted by Crippen LogP contribution is -2.34. The van der Waals surface area contributed by atoms with Gasteiger partial charge in [-0.2, -0.15) is 5.10 Å². The van der Waals surface area contributed by atoms with E-state index in [2.05, 4.69) is 38.7 Å². The zero-order valence-corrected chi connectivity index (χ0v) is 21.4. The fourth-order valence-electron chi connectivity index (χ4n) is 2.84. The first-order valence-electron chi connectivity index (χ1n) is 10.8. The van der Waals surface area contributed by atoms with Gasteiger partial charge in [0, 0.05) is 5.56 Å². The summed E-state index contributed by atoms with van der Waals surface area (Å²) in [6, 6.07) is 8.33. The Hall–Kier alpha value is -3.27. The van der Waals surface area contributed by atoms with E-state index in [4.69, 9.17) is 18.9 Å². The van der Waals surface area contributed by atoms with Crippen LogP contribution in [-0.2, 0) is 4.79 Å². The lowest BCUT2D eigenvalue weighted by atomic mass is 10.2. The van der Waals surface area contributed by atoms with Crippen LogP contribution in [-0.4, -0.2) is 52.0 Å². The molecule has 2 N–H and O–H groups in total. The first kappa shape index (κ1) is 27.0. The number of carbonyl (C=O) groups is 2. The molecule has 184 valence electrons. The normalized spacial score (nSPS) is 10.6. The summed E-state index contributed by atoms with van der Waals surface area (Å²) in [7, 11) is 2.99. The summed E-state index contributed by atoms with van der Waals surface area (Å²) in [5.74, 6) is 1.24. The van der Waals surface area contributed by atoms with Crippen molar-refractivity contribution < 1.29 is 28.5 Å². The lowest BCUT2D eigenvalue weighted by Gasteiger charge is -2.14. The number of hydrogen-bond acceptors (Lipinski definition) is 7. The van der Waals surface area contributed by atoms with Crippen molar-refractivity contribution >= 4 is 34.0 Å². The van der Waals surface area contributed by atoms with Crippen LogP contribution in [0.2, 0.25) is 0 Å². The van der Waals surface area contributed by atoms with Gasteiger partial charge in [0.05, 0.1) is 44.7 Å². The maximum Gasteiger partial charge on any atom is 0.259 e. The van der Waals surface area contributed by atoms with Gasteiger partial charge >= 0.3 is 0 Å². The molecule has 10 heteroatoms. The number of unbranched alkanes of at least 4 members (excludes halogenated alkanes) is 1. The van der Waals surface area contributed by atoms with E-state index in [1.165, 1.54) is 26.5 Å². The molecule has 9 nitrogen and oxygen atoms in total. The first-order chi connectivity index (χ1) is 16.4. The molecular formula is C24H30BrN3O6. The highest BCUT2D eigenvalue weighted by Crippen LogP contribution is 2.36. The molecular weight excluding hydrogens is 506 g/mol. The molecule has 0 aliphatic heterocycles. The Bertz CT molecular complexity index is 1010. The molecule has 0 atom stereocenters. The predicted molar refractivity (Wildman–Crippen MR) is 133 cm³/mol. The number of methoxy groups -OCH3 is 2. The van der Waals surface area contributed by atoms with Crippen LogP contribution in [0.15, 0.2) is 39.9 Å². The summed E-state index contributed by atoms with van der Waals surface area (Å²) in [4.78, 5) is 24.4. The number of benzene rings is 2. The van der Waals surface area contributed by atoms with Gasteiger partial charge in [0.25, 0.3) is 11.8 Å². The summed E-state index contributed by atoms with van der Waals surface area (Å²) in [5, 5.41) is 6.50. The van der Waals surface area contributed by atoms with Crippen molar-refractivity contribution in [2.45, 2.75) is 26.7 Å². The van der Waals surface area contributed by atoms with Gasteiger partial charge in [0.2, 0.25) is 0 Å². The SMILES string of the molecule is CCCCOc1c(Br)cc(C=NNC(=O)CNC(=O)c2ccc(OC)c(OC)c2)cc1OCC. The largest absolute Gasteiger partial charge is 0.493 e. The van der Waals surface area contributed by atoms with E-state index in [1.807, 2.05) is 13.0 Å². The van der Waals surface area contributed by atoms with E-state index < -0.39 is 11.8 Å². The average molecular weight is 536 g/mol. The molecule has 0 aromatic heterocycles. The maximum absolute atomic E-state index is 12.3. The predicted octanol–water partition coefficient (Wildman–Crippen LogP) is 3.92. The Kier molecular flexibility index (Phi) is 11.2. The standard InChI is InChI=1S/C24H30BrN3O6/c1-5-7-10-34-23-18(25)11-16(12-21(23)33-6-2)14-27-28-22(29)15-26-24(30)17-8-9-19(31-3)20(13-17)32-4/h8-9,11-14H,5-7,10,15H2,1-4H3,(H,26,30)(H,28,29). The number of ether oxygens (including phenoxy) is 4. The first-order valence-corrected chi connectivity index (χ1v) is 11.6. The van der Waals surface area contributed by atoms with E-state index in [0.717, 1.165) is 17.3 Å². The fourth-order valence-corrected chi connectivity index (χ4v) is 3.42. The molecule has 0 bridgehead atoms. The van der Waals surface area contributed by atoms with Crippen LogP contribution in [0.1, 0.15) is 42.6 Å². The number of hydrogen-bond donors (Lipinski definition) is 2. The van der Waals surface area contributed by atoms with E-state index in [0.29, 0.717) is 47.3 Å². The molecule has 2 aromatic rings. The zero-order chi connectivity index (χ0) is 24.9. The van der Waals surface area contributed by atoms with Gasteiger partial charge in [-0.1, -0.05) is 13.3 Å². The molecule has 2 rings (SSSR count). The van der Waals surface area contributed by atoms with E-state index in [-0.39, 0.29) is 6.54 Å². The number of amides is 2. The highest BCUT2D eigenvalue weighted by molar-refractivity contribution is 9.10. The Morgan fingerprint density at radius 1 is 1.03 bits per heavy atom. The summed E-state index contributed by atoms with van der Waals surface area (Å²) in [6.07, 6.45) is 3.45. The molecule has 0 heterocycles.